The predicted molar refractivity (Wildman–Crippen MR) is 62.7 cm³/mol. The van der Waals surface area contributed by atoms with Gasteiger partial charge in [0.05, 0.1) is 11.9 Å². The molecule has 0 radical (unpaired) electrons. The number of unbranched alkanes of at least 4 members (excludes halogenated alkanes) is 3. The molecule has 0 unspecified atom stereocenters. The Morgan fingerprint density at radius 1 is 1.29 bits per heavy atom. The van der Waals surface area contributed by atoms with Crippen LogP contribution in [0.25, 0.3) is 0 Å². The van der Waals surface area contributed by atoms with Crippen LogP contribution in [0.15, 0.2) is 0 Å². The highest BCUT2D eigenvalue weighted by atomic mass is 32.2. The van der Waals surface area contributed by atoms with Crippen molar-refractivity contribution in [1.82, 2.24) is 0 Å². The minimum absolute atomic E-state index is 0.0168. The van der Waals surface area contributed by atoms with E-state index in [0.717, 1.165) is 5.75 Å². The summed E-state index contributed by atoms with van der Waals surface area (Å²) in [5, 5.41) is 0. The molecule has 0 aromatic heterocycles. The molecule has 2 nitrogen and oxygen atoms in total. The summed E-state index contributed by atoms with van der Waals surface area (Å²) in [6, 6.07) is 0. The van der Waals surface area contributed by atoms with E-state index >= 15 is 0 Å². The molecule has 0 atom stereocenters. The lowest BCUT2D eigenvalue weighted by atomic mass is 10.2. The van der Waals surface area contributed by atoms with Crippen LogP contribution < -0.4 is 0 Å². The van der Waals surface area contributed by atoms with E-state index in [4.69, 9.17) is 4.74 Å². The van der Waals surface area contributed by atoms with Crippen molar-refractivity contribution in [2.75, 3.05) is 11.5 Å². The lowest BCUT2D eigenvalue weighted by molar-refractivity contribution is -0.144. The maximum Gasteiger partial charge on any atom is 0.316 e. The van der Waals surface area contributed by atoms with Crippen LogP contribution in [-0.4, -0.2) is 23.6 Å². The summed E-state index contributed by atoms with van der Waals surface area (Å²) in [6.45, 7) is 5.96. The topological polar surface area (TPSA) is 26.3 Å². The zero-order valence-electron chi connectivity index (χ0n) is 9.54. The summed E-state index contributed by atoms with van der Waals surface area (Å²) < 4.78 is 5.02. The van der Waals surface area contributed by atoms with Crippen molar-refractivity contribution >= 4 is 17.7 Å². The first-order valence-electron chi connectivity index (χ1n) is 5.44. The second kappa shape index (κ2) is 9.38. The largest absolute Gasteiger partial charge is 0.462 e. The first kappa shape index (κ1) is 13.8. The Balaban J connectivity index is 3.15. The van der Waals surface area contributed by atoms with Gasteiger partial charge < -0.3 is 4.74 Å². The number of thioether (sulfide) groups is 1. The Labute approximate surface area is 91.8 Å². The third-order valence-corrected chi connectivity index (χ3v) is 2.75. The summed E-state index contributed by atoms with van der Waals surface area (Å²) in [5.41, 5.74) is 0. The van der Waals surface area contributed by atoms with Crippen LogP contribution in [-0.2, 0) is 9.53 Å². The molecule has 0 N–H and O–H groups in total. The highest BCUT2D eigenvalue weighted by Crippen LogP contribution is 2.08. The van der Waals surface area contributed by atoms with E-state index in [0.29, 0.717) is 5.75 Å². The van der Waals surface area contributed by atoms with Crippen LogP contribution in [0.5, 0.6) is 0 Å². The van der Waals surface area contributed by atoms with E-state index in [1.165, 1.54) is 25.7 Å². The van der Waals surface area contributed by atoms with E-state index in [9.17, 15) is 4.79 Å². The van der Waals surface area contributed by atoms with E-state index < -0.39 is 0 Å². The SMILES string of the molecule is CCCCCCSCC(=O)OC(C)C. The van der Waals surface area contributed by atoms with Crippen molar-refractivity contribution in [3.05, 3.63) is 0 Å². The molecular formula is C11H22O2S. The van der Waals surface area contributed by atoms with Crippen LogP contribution in [0, 0.1) is 0 Å². The van der Waals surface area contributed by atoms with Gasteiger partial charge >= 0.3 is 5.97 Å². The van der Waals surface area contributed by atoms with Crippen molar-refractivity contribution < 1.29 is 9.53 Å². The van der Waals surface area contributed by atoms with E-state index in [1.54, 1.807) is 11.8 Å². The summed E-state index contributed by atoms with van der Waals surface area (Å²) in [6.07, 6.45) is 5.08. The Hall–Kier alpha value is -0.180. The molecule has 0 bridgehead atoms. The monoisotopic (exact) mass is 218 g/mol. The highest BCUT2D eigenvalue weighted by Gasteiger charge is 2.04. The van der Waals surface area contributed by atoms with E-state index in [2.05, 4.69) is 6.92 Å². The van der Waals surface area contributed by atoms with Crippen molar-refractivity contribution in [2.45, 2.75) is 52.6 Å². The summed E-state index contributed by atoms with van der Waals surface area (Å²) in [5.74, 6) is 1.50. The van der Waals surface area contributed by atoms with Crippen LogP contribution in [0.4, 0.5) is 0 Å². The predicted octanol–water partition coefficient (Wildman–Crippen LogP) is 3.25. The molecule has 0 aliphatic heterocycles. The molecule has 0 saturated carbocycles. The van der Waals surface area contributed by atoms with Crippen LogP contribution in [0.1, 0.15) is 46.5 Å². The van der Waals surface area contributed by atoms with Gasteiger partial charge in [0.1, 0.15) is 0 Å². The summed E-state index contributed by atoms with van der Waals surface area (Å²) in [4.78, 5) is 11.1. The molecule has 0 aromatic carbocycles. The highest BCUT2D eigenvalue weighted by molar-refractivity contribution is 7.99. The number of esters is 1. The zero-order valence-corrected chi connectivity index (χ0v) is 10.4. The summed E-state index contributed by atoms with van der Waals surface area (Å²) >= 11 is 1.68. The van der Waals surface area contributed by atoms with E-state index in [1.807, 2.05) is 13.8 Å². The van der Waals surface area contributed by atoms with E-state index in [-0.39, 0.29) is 12.1 Å². The number of hydrogen-bond acceptors (Lipinski definition) is 3. The maximum atomic E-state index is 11.1. The van der Waals surface area contributed by atoms with Crippen molar-refractivity contribution in [2.24, 2.45) is 0 Å². The molecular weight excluding hydrogens is 196 g/mol. The molecule has 0 aromatic rings. The molecule has 0 amide bonds. The fourth-order valence-electron chi connectivity index (χ4n) is 1.08. The smallest absolute Gasteiger partial charge is 0.316 e. The fraction of sp³-hybridized carbons (Fsp3) is 0.909. The first-order valence-corrected chi connectivity index (χ1v) is 6.59. The third-order valence-electron chi connectivity index (χ3n) is 1.73. The van der Waals surface area contributed by atoms with Gasteiger partial charge in [0.15, 0.2) is 0 Å². The van der Waals surface area contributed by atoms with Crippen LogP contribution in [0.2, 0.25) is 0 Å². The third kappa shape index (κ3) is 9.90. The Kier molecular flexibility index (Phi) is 9.26. The average Bonchev–Trinajstić information content (AvgIpc) is 2.10. The molecule has 3 heteroatoms. The van der Waals surface area contributed by atoms with Gasteiger partial charge in [0.25, 0.3) is 0 Å². The van der Waals surface area contributed by atoms with Gasteiger partial charge in [-0.1, -0.05) is 26.2 Å². The fourth-order valence-corrected chi connectivity index (χ4v) is 1.87. The minimum atomic E-state index is -0.0829. The molecule has 0 saturated heterocycles. The molecule has 0 rings (SSSR count). The minimum Gasteiger partial charge on any atom is -0.462 e. The van der Waals surface area contributed by atoms with Crippen molar-refractivity contribution in [3.63, 3.8) is 0 Å². The average molecular weight is 218 g/mol. The molecule has 14 heavy (non-hydrogen) atoms. The lowest BCUT2D eigenvalue weighted by Gasteiger charge is -2.07. The summed E-state index contributed by atoms with van der Waals surface area (Å²) in [7, 11) is 0. The Morgan fingerprint density at radius 2 is 2.00 bits per heavy atom. The van der Waals surface area contributed by atoms with Crippen LogP contribution >= 0.6 is 11.8 Å². The van der Waals surface area contributed by atoms with Gasteiger partial charge in [-0.2, -0.15) is 11.8 Å². The number of rotatable bonds is 8. The van der Waals surface area contributed by atoms with Gasteiger partial charge in [-0.15, -0.1) is 0 Å². The molecule has 0 fully saturated rings. The number of hydrogen-bond donors (Lipinski definition) is 0. The van der Waals surface area contributed by atoms with Gasteiger partial charge in [0.2, 0.25) is 0 Å². The number of ether oxygens (including phenoxy) is 1. The van der Waals surface area contributed by atoms with Gasteiger partial charge in [-0.05, 0) is 26.0 Å². The molecule has 0 aliphatic rings. The van der Waals surface area contributed by atoms with Crippen molar-refractivity contribution in [1.29, 1.82) is 0 Å². The standard InChI is InChI=1S/C11H22O2S/c1-4-5-6-7-8-14-9-11(12)13-10(2)3/h10H,4-9H2,1-3H3. The number of carbonyl (C=O) groups excluding carboxylic acids is 1. The molecule has 0 heterocycles. The zero-order chi connectivity index (χ0) is 10.8. The van der Waals surface area contributed by atoms with Gasteiger partial charge in [-0.3, -0.25) is 4.79 Å². The second-order valence-corrected chi connectivity index (χ2v) is 4.76. The molecule has 84 valence electrons. The lowest BCUT2D eigenvalue weighted by Crippen LogP contribution is -2.13. The molecule has 0 spiro atoms. The Morgan fingerprint density at radius 3 is 2.57 bits per heavy atom. The second-order valence-electron chi connectivity index (χ2n) is 3.65. The van der Waals surface area contributed by atoms with Gasteiger partial charge in [0, 0.05) is 0 Å². The molecule has 0 aliphatic carbocycles. The normalized spacial score (nSPS) is 10.6. The van der Waals surface area contributed by atoms with Crippen molar-refractivity contribution in [3.8, 4) is 0 Å². The Bertz CT molecular complexity index is 146. The first-order chi connectivity index (χ1) is 6.66. The van der Waals surface area contributed by atoms with Crippen LogP contribution in [0.3, 0.4) is 0 Å². The number of carbonyl (C=O) groups is 1. The quantitative estimate of drug-likeness (QED) is 0.462. The van der Waals surface area contributed by atoms with Gasteiger partial charge in [-0.25, -0.2) is 0 Å². The maximum absolute atomic E-state index is 11.1.